The number of terminal acetylenes is 1. The van der Waals surface area contributed by atoms with E-state index in [1.165, 1.54) is 0 Å². The summed E-state index contributed by atoms with van der Waals surface area (Å²) in [5.41, 5.74) is 1.42. The van der Waals surface area contributed by atoms with Crippen LogP contribution in [0.3, 0.4) is 0 Å². The number of carbonyl (C=O) groups is 1. The molecule has 0 aliphatic carbocycles. The fourth-order valence-corrected chi connectivity index (χ4v) is 1.44. The number of hydrogen-bond acceptors (Lipinski definition) is 2. The maximum atomic E-state index is 11.9. The van der Waals surface area contributed by atoms with Crippen LogP contribution in [0.5, 0.6) is 0 Å². The lowest BCUT2D eigenvalue weighted by Gasteiger charge is -2.11. The smallest absolute Gasteiger partial charge is 0.255 e. The molecular weight excluding hydrogens is 202 g/mol. The third kappa shape index (κ3) is 2.63. The van der Waals surface area contributed by atoms with Gasteiger partial charge in [-0.1, -0.05) is 19.3 Å². The molecule has 16 heavy (non-hydrogen) atoms. The maximum absolute atomic E-state index is 11.9. The first-order chi connectivity index (χ1) is 7.60. The van der Waals surface area contributed by atoms with Crippen LogP contribution in [0.4, 0.5) is 0 Å². The van der Waals surface area contributed by atoms with E-state index in [0.29, 0.717) is 5.56 Å². The number of aryl methyl sites for hydroxylation is 1. The van der Waals surface area contributed by atoms with E-state index < -0.39 is 0 Å². The van der Waals surface area contributed by atoms with Crippen molar-refractivity contribution < 1.29 is 4.79 Å². The van der Waals surface area contributed by atoms with Gasteiger partial charge in [-0.05, 0) is 13.3 Å². The van der Waals surface area contributed by atoms with Crippen molar-refractivity contribution in [3.63, 3.8) is 0 Å². The molecule has 1 aromatic rings. The largest absolute Gasteiger partial charge is 0.338 e. The van der Waals surface area contributed by atoms with E-state index in [1.807, 2.05) is 13.8 Å². The van der Waals surface area contributed by atoms with Crippen molar-refractivity contribution in [3.8, 4) is 12.3 Å². The summed E-state index contributed by atoms with van der Waals surface area (Å²) in [4.78, 5) is 11.9. The Morgan fingerprint density at radius 3 is 2.88 bits per heavy atom. The Labute approximate surface area is 96.0 Å². The molecule has 0 aliphatic heterocycles. The average molecular weight is 219 g/mol. The van der Waals surface area contributed by atoms with Gasteiger partial charge < -0.3 is 5.32 Å². The highest BCUT2D eigenvalue weighted by Gasteiger charge is 2.15. The third-order valence-electron chi connectivity index (χ3n) is 2.56. The van der Waals surface area contributed by atoms with Crippen molar-refractivity contribution in [2.24, 2.45) is 7.05 Å². The van der Waals surface area contributed by atoms with Crippen molar-refractivity contribution in [1.29, 1.82) is 0 Å². The van der Waals surface area contributed by atoms with Crippen molar-refractivity contribution in [1.82, 2.24) is 15.1 Å². The summed E-state index contributed by atoms with van der Waals surface area (Å²) in [7, 11) is 1.80. The molecule has 4 nitrogen and oxygen atoms in total. The molecule has 1 N–H and O–H groups in total. The Bertz CT molecular complexity index is 414. The summed E-state index contributed by atoms with van der Waals surface area (Å²) in [5, 5.41) is 6.83. The lowest BCUT2D eigenvalue weighted by Crippen LogP contribution is -2.33. The first-order valence-electron chi connectivity index (χ1n) is 5.35. The van der Waals surface area contributed by atoms with Gasteiger partial charge in [0, 0.05) is 12.7 Å². The van der Waals surface area contributed by atoms with Crippen molar-refractivity contribution in [2.75, 3.05) is 0 Å². The third-order valence-corrected chi connectivity index (χ3v) is 2.56. The average Bonchev–Trinajstić information content (AvgIpc) is 2.59. The first kappa shape index (κ1) is 12.3. The van der Waals surface area contributed by atoms with E-state index in [0.717, 1.165) is 18.5 Å². The van der Waals surface area contributed by atoms with E-state index >= 15 is 0 Å². The van der Waals surface area contributed by atoms with Crippen molar-refractivity contribution >= 4 is 5.91 Å². The van der Waals surface area contributed by atoms with Gasteiger partial charge in [-0.25, -0.2) is 0 Å². The van der Waals surface area contributed by atoms with Crippen LogP contribution in [0, 0.1) is 19.3 Å². The van der Waals surface area contributed by atoms with Gasteiger partial charge >= 0.3 is 0 Å². The van der Waals surface area contributed by atoms with Gasteiger partial charge in [0.05, 0.1) is 17.8 Å². The number of carbonyl (C=O) groups excluding carboxylic acids is 1. The van der Waals surface area contributed by atoms with Crippen molar-refractivity contribution in [2.45, 2.75) is 32.7 Å². The van der Waals surface area contributed by atoms with Crippen molar-refractivity contribution in [3.05, 3.63) is 17.5 Å². The number of hydrogen-bond donors (Lipinski definition) is 1. The summed E-state index contributed by atoms with van der Waals surface area (Å²) >= 11 is 0. The molecule has 1 amide bonds. The second kappa shape index (κ2) is 5.36. The Balaban J connectivity index is 2.73. The molecule has 0 fully saturated rings. The lowest BCUT2D eigenvalue weighted by atomic mass is 10.1. The van der Waals surface area contributed by atoms with Crippen LogP contribution in [0.2, 0.25) is 0 Å². The number of amides is 1. The predicted octanol–water partition coefficient (Wildman–Crippen LogP) is 1.26. The first-order valence-corrected chi connectivity index (χ1v) is 5.35. The van der Waals surface area contributed by atoms with Crippen LogP contribution >= 0.6 is 0 Å². The molecule has 0 saturated carbocycles. The number of rotatable bonds is 4. The number of nitrogens with zero attached hydrogens (tertiary/aromatic N) is 2. The fraction of sp³-hybridized carbons (Fsp3) is 0.500. The molecule has 1 heterocycles. The lowest BCUT2D eigenvalue weighted by molar-refractivity contribution is 0.0943. The van der Waals surface area contributed by atoms with Crippen LogP contribution in [0.15, 0.2) is 6.20 Å². The van der Waals surface area contributed by atoms with E-state index in [2.05, 4.69) is 16.3 Å². The normalized spacial score (nSPS) is 11.9. The topological polar surface area (TPSA) is 46.9 Å². The van der Waals surface area contributed by atoms with E-state index in [4.69, 9.17) is 6.42 Å². The zero-order chi connectivity index (χ0) is 12.1. The van der Waals surface area contributed by atoms with Gasteiger partial charge in [0.15, 0.2) is 0 Å². The van der Waals surface area contributed by atoms with Gasteiger partial charge in [-0.15, -0.1) is 6.42 Å². The highest BCUT2D eigenvalue weighted by Crippen LogP contribution is 2.06. The van der Waals surface area contributed by atoms with Gasteiger partial charge in [-0.2, -0.15) is 5.10 Å². The summed E-state index contributed by atoms with van der Waals surface area (Å²) in [6, 6.07) is -0.197. The molecule has 4 heteroatoms. The van der Waals surface area contributed by atoms with Gasteiger partial charge in [0.25, 0.3) is 5.91 Å². The molecular formula is C12H17N3O. The molecule has 1 rings (SSSR count). The molecule has 0 radical (unpaired) electrons. The Morgan fingerprint density at radius 1 is 1.75 bits per heavy atom. The van der Waals surface area contributed by atoms with Gasteiger partial charge in [-0.3, -0.25) is 9.48 Å². The molecule has 86 valence electrons. The number of nitrogens with one attached hydrogen (secondary N) is 1. The monoisotopic (exact) mass is 219 g/mol. The highest BCUT2D eigenvalue weighted by atomic mass is 16.1. The molecule has 0 aromatic carbocycles. The molecule has 0 bridgehead atoms. The molecule has 1 atom stereocenters. The van der Waals surface area contributed by atoms with E-state index in [1.54, 1.807) is 17.9 Å². The van der Waals surface area contributed by atoms with Crippen LogP contribution in [-0.2, 0) is 7.05 Å². The summed E-state index contributed by atoms with van der Waals surface area (Å²) in [5.74, 6) is 2.42. The summed E-state index contributed by atoms with van der Waals surface area (Å²) < 4.78 is 1.67. The zero-order valence-electron chi connectivity index (χ0n) is 9.95. The molecule has 0 spiro atoms. The highest BCUT2D eigenvalue weighted by molar-refractivity contribution is 5.95. The molecule has 1 aromatic heterocycles. The Kier molecular flexibility index (Phi) is 4.12. The quantitative estimate of drug-likeness (QED) is 0.775. The van der Waals surface area contributed by atoms with Gasteiger partial charge in [0.1, 0.15) is 0 Å². The van der Waals surface area contributed by atoms with Crippen LogP contribution in [0.25, 0.3) is 0 Å². The second-order valence-electron chi connectivity index (χ2n) is 3.75. The van der Waals surface area contributed by atoms with E-state index in [9.17, 15) is 4.79 Å². The summed E-state index contributed by atoms with van der Waals surface area (Å²) in [6.07, 6.45) is 8.64. The van der Waals surface area contributed by atoms with Crippen LogP contribution in [-0.4, -0.2) is 21.7 Å². The minimum Gasteiger partial charge on any atom is -0.338 e. The molecule has 1 unspecified atom stereocenters. The molecule has 0 aliphatic rings. The minimum absolute atomic E-state index is 0.151. The number of aromatic nitrogens is 2. The standard InChI is InChI=1S/C12H17N3O/c1-5-7-10(6-2)14-12(16)11-8-13-15(4)9(11)3/h2,8,10H,5,7H2,1,3-4H3,(H,14,16). The predicted molar refractivity (Wildman–Crippen MR) is 62.9 cm³/mol. The van der Waals surface area contributed by atoms with Gasteiger partial charge in [0.2, 0.25) is 0 Å². The second-order valence-corrected chi connectivity index (χ2v) is 3.75. The minimum atomic E-state index is -0.197. The SMILES string of the molecule is C#CC(CCC)NC(=O)c1cnn(C)c1C. The Morgan fingerprint density at radius 2 is 2.44 bits per heavy atom. The van der Waals surface area contributed by atoms with Crippen LogP contribution in [0.1, 0.15) is 35.8 Å². The Hall–Kier alpha value is -1.76. The fourth-order valence-electron chi connectivity index (χ4n) is 1.44. The molecule has 0 saturated heterocycles. The van der Waals surface area contributed by atoms with Crippen LogP contribution < -0.4 is 5.32 Å². The zero-order valence-corrected chi connectivity index (χ0v) is 9.95. The summed E-state index contributed by atoms with van der Waals surface area (Å²) in [6.45, 7) is 3.89. The van der Waals surface area contributed by atoms with E-state index in [-0.39, 0.29) is 11.9 Å². The maximum Gasteiger partial charge on any atom is 0.255 e.